The van der Waals surface area contributed by atoms with Gasteiger partial charge in [-0.2, -0.15) is 5.10 Å². The minimum absolute atomic E-state index is 0.648. The van der Waals surface area contributed by atoms with E-state index in [1.54, 1.807) is 20.4 Å². The fourth-order valence-electron chi connectivity index (χ4n) is 1.91. The molecule has 0 saturated carbocycles. The van der Waals surface area contributed by atoms with Gasteiger partial charge >= 0.3 is 0 Å². The normalized spacial score (nSPS) is 11.4. The molecule has 2 rings (SSSR count). The van der Waals surface area contributed by atoms with E-state index in [4.69, 9.17) is 4.74 Å². The summed E-state index contributed by atoms with van der Waals surface area (Å²) < 4.78 is 6.84. The van der Waals surface area contributed by atoms with E-state index in [9.17, 15) is 0 Å². The summed E-state index contributed by atoms with van der Waals surface area (Å²) in [5, 5.41) is 10.7. The molecule has 0 aliphatic rings. The van der Waals surface area contributed by atoms with Gasteiger partial charge in [-0.25, -0.2) is 4.68 Å². The smallest absolute Gasteiger partial charge is 0.191 e. The molecule has 0 aliphatic carbocycles. The van der Waals surface area contributed by atoms with Crippen LogP contribution in [0.1, 0.15) is 5.56 Å². The molecule has 112 valence electrons. The minimum atomic E-state index is 0.648. The summed E-state index contributed by atoms with van der Waals surface area (Å²) in [6.07, 6.45) is 3.70. The number of aromatic nitrogens is 2. The minimum Gasteiger partial charge on any atom is -0.383 e. The van der Waals surface area contributed by atoms with Crippen LogP contribution in [0.2, 0.25) is 0 Å². The number of ether oxygens (including phenoxy) is 1. The number of benzene rings is 1. The molecule has 0 bridgehead atoms. The lowest BCUT2D eigenvalue weighted by Crippen LogP contribution is -2.38. The van der Waals surface area contributed by atoms with Crippen LogP contribution in [0.5, 0.6) is 0 Å². The quantitative estimate of drug-likeness (QED) is 0.476. The highest BCUT2D eigenvalue weighted by molar-refractivity contribution is 5.79. The van der Waals surface area contributed by atoms with Crippen molar-refractivity contribution in [1.29, 1.82) is 0 Å². The molecular weight excluding hydrogens is 266 g/mol. The van der Waals surface area contributed by atoms with Crippen LogP contribution in [0.15, 0.2) is 47.7 Å². The number of aliphatic imine (C=N–C) groups is 1. The molecule has 1 aromatic heterocycles. The molecule has 0 unspecified atom stereocenters. The monoisotopic (exact) mass is 287 g/mol. The zero-order valence-electron chi connectivity index (χ0n) is 12.4. The van der Waals surface area contributed by atoms with Crippen molar-refractivity contribution in [3.63, 3.8) is 0 Å². The average Bonchev–Trinajstić information content (AvgIpc) is 3.05. The van der Waals surface area contributed by atoms with Gasteiger partial charge in [0.05, 0.1) is 12.3 Å². The van der Waals surface area contributed by atoms with Gasteiger partial charge in [-0.3, -0.25) is 4.99 Å². The Kier molecular flexibility index (Phi) is 5.78. The molecule has 0 aliphatic heterocycles. The van der Waals surface area contributed by atoms with Crippen molar-refractivity contribution < 1.29 is 4.74 Å². The van der Waals surface area contributed by atoms with E-state index in [1.165, 1.54) is 0 Å². The van der Waals surface area contributed by atoms with Gasteiger partial charge in [-0.15, -0.1) is 0 Å². The van der Waals surface area contributed by atoms with Crippen molar-refractivity contribution in [2.24, 2.45) is 4.99 Å². The standard InChI is InChI=1S/C15H21N5O/c1-16-15(17-8-10-21-2)18-12-13-5-3-6-14(11-13)20-9-4-7-19-20/h3-7,9,11H,8,10,12H2,1-2H3,(H2,16,17,18). The van der Waals surface area contributed by atoms with Gasteiger partial charge in [0.1, 0.15) is 0 Å². The predicted octanol–water partition coefficient (Wildman–Crippen LogP) is 1.18. The van der Waals surface area contributed by atoms with Crippen LogP contribution in [0.4, 0.5) is 0 Å². The summed E-state index contributed by atoms with van der Waals surface area (Å²) in [6.45, 7) is 2.07. The van der Waals surface area contributed by atoms with Crippen LogP contribution in [0.25, 0.3) is 5.69 Å². The summed E-state index contributed by atoms with van der Waals surface area (Å²) in [5.41, 5.74) is 2.21. The fourth-order valence-corrected chi connectivity index (χ4v) is 1.91. The molecule has 0 saturated heterocycles. The second-order valence-electron chi connectivity index (χ2n) is 4.47. The lowest BCUT2D eigenvalue weighted by atomic mass is 10.2. The molecule has 1 heterocycles. The SMILES string of the molecule is CN=C(NCCOC)NCc1cccc(-n2cccn2)c1. The summed E-state index contributed by atoms with van der Waals surface area (Å²) in [5.74, 6) is 0.761. The molecule has 0 radical (unpaired) electrons. The molecule has 1 aromatic carbocycles. The van der Waals surface area contributed by atoms with Crippen LogP contribution < -0.4 is 10.6 Å². The number of rotatable bonds is 6. The maximum Gasteiger partial charge on any atom is 0.191 e. The van der Waals surface area contributed by atoms with Gasteiger partial charge in [0.15, 0.2) is 5.96 Å². The molecular formula is C15H21N5O. The first-order valence-corrected chi connectivity index (χ1v) is 6.86. The van der Waals surface area contributed by atoms with E-state index in [-0.39, 0.29) is 0 Å². The van der Waals surface area contributed by atoms with Crippen LogP contribution in [-0.4, -0.2) is 43.0 Å². The van der Waals surface area contributed by atoms with Crippen LogP contribution >= 0.6 is 0 Å². The third-order valence-corrected chi connectivity index (χ3v) is 2.96. The Morgan fingerprint density at radius 1 is 1.33 bits per heavy atom. The summed E-state index contributed by atoms with van der Waals surface area (Å²) >= 11 is 0. The lowest BCUT2D eigenvalue weighted by Gasteiger charge is -2.12. The lowest BCUT2D eigenvalue weighted by molar-refractivity contribution is 0.203. The highest BCUT2D eigenvalue weighted by Gasteiger charge is 2.00. The van der Waals surface area contributed by atoms with Crippen LogP contribution in [-0.2, 0) is 11.3 Å². The van der Waals surface area contributed by atoms with Gasteiger partial charge in [0, 0.05) is 39.6 Å². The first-order chi connectivity index (χ1) is 10.3. The van der Waals surface area contributed by atoms with E-state index >= 15 is 0 Å². The van der Waals surface area contributed by atoms with Gasteiger partial charge in [0.2, 0.25) is 0 Å². The zero-order chi connectivity index (χ0) is 14.9. The highest BCUT2D eigenvalue weighted by atomic mass is 16.5. The molecule has 21 heavy (non-hydrogen) atoms. The third kappa shape index (κ3) is 4.61. The number of nitrogens with zero attached hydrogens (tertiary/aromatic N) is 3. The van der Waals surface area contributed by atoms with Crippen molar-refractivity contribution in [2.45, 2.75) is 6.54 Å². The molecule has 0 spiro atoms. The first kappa shape index (κ1) is 15.1. The van der Waals surface area contributed by atoms with Gasteiger partial charge in [-0.05, 0) is 23.8 Å². The van der Waals surface area contributed by atoms with Crippen LogP contribution in [0, 0.1) is 0 Å². The van der Waals surface area contributed by atoms with Gasteiger partial charge < -0.3 is 15.4 Å². The second kappa shape index (κ2) is 8.06. The zero-order valence-corrected chi connectivity index (χ0v) is 12.4. The summed E-state index contributed by atoms with van der Waals surface area (Å²) in [6, 6.07) is 10.1. The van der Waals surface area contributed by atoms with Crippen molar-refractivity contribution >= 4 is 5.96 Å². The third-order valence-electron chi connectivity index (χ3n) is 2.96. The molecule has 0 atom stereocenters. The molecule has 2 N–H and O–H groups in total. The highest BCUT2D eigenvalue weighted by Crippen LogP contribution is 2.09. The Morgan fingerprint density at radius 3 is 2.95 bits per heavy atom. The Morgan fingerprint density at radius 2 is 2.24 bits per heavy atom. The Bertz CT molecular complexity index is 565. The molecule has 0 amide bonds. The van der Waals surface area contributed by atoms with Gasteiger partial charge in [-0.1, -0.05) is 12.1 Å². The number of nitrogens with one attached hydrogen (secondary N) is 2. The van der Waals surface area contributed by atoms with E-state index in [0.29, 0.717) is 13.2 Å². The van der Waals surface area contributed by atoms with E-state index in [1.807, 2.05) is 29.1 Å². The average molecular weight is 287 g/mol. The Hall–Kier alpha value is -2.34. The molecule has 6 nitrogen and oxygen atoms in total. The molecule has 6 heteroatoms. The van der Waals surface area contributed by atoms with Crippen molar-refractivity contribution in [1.82, 2.24) is 20.4 Å². The first-order valence-electron chi connectivity index (χ1n) is 6.86. The number of methoxy groups -OCH3 is 1. The predicted molar refractivity (Wildman–Crippen MR) is 83.6 cm³/mol. The maximum absolute atomic E-state index is 5.00. The van der Waals surface area contributed by atoms with Crippen molar-refractivity contribution in [2.75, 3.05) is 27.3 Å². The Labute approximate surface area is 124 Å². The largest absolute Gasteiger partial charge is 0.383 e. The van der Waals surface area contributed by atoms with E-state index < -0.39 is 0 Å². The van der Waals surface area contributed by atoms with E-state index in [0.717, 1.165) is 23.8 Å². The Balaban J connectivity index is 1.92. The molecule has 0 fully saturated rings. The second-order valence-corrected chi connectivity index (χ2v) is 4.47. The summed E-state index contributed by atoms with van der Waals surface area (Å²) in [7, 11) is 3.43. The number of hydrogen-bond acceptors (Lipinski definition) is 3. The van der Waals surface area contributed by atoms with E-state index in [2.05, 4.69) is 32.9 Å². The van der Waals surface area contributed by atoms with Crippen molar-refractivity contribution in [3.8, 4) is 5.69 Å². The van der Waals surface area contributed by atoms with Crippen molar-refractivity contribution in [3.05, 3.63) is 48.3 Å². The van der Waals surface area contributed by atoms with Gasteiger partial charge in [0.25, 0.3) is 0 Å². The summed E-state index contributed by atoms with van der Waals surface area (Å²) in [4.78, 5) is 4.17. The molecule has 2 aromatic rings. The number of hydrogen-bond donors (Lipinski definition) is 2. The van der Waals surface area contributed by atoms with Crippen LogP contribution in [0.3, 0.4) is 0 Å². The topological polar surface area (TPSA) is 63.5 Å². The number of guanidine groups is 1. The fraction of sp³-hybridized carbons (Fsp3) is 0.333. The maximum atomic E-state index is 5.00.